The zero-order chi connectivity index (χ0) is 10.8. The van der Waals surface area contributed by atoms with Crippen molar-refractivity contribution in [1.82, 2.24) is 9.97 Å². The third-order valence-corrected chi connectivity index (χ3v) is 2.83. The van der Waals surface area contributed by atoms with Crippen LogP contribution in [0.25, 0.3) is 0 Å². The molecule has 0 saturated carbocycles. The SMILES string of the molecule is Cc1coc(Sc2nccc(C)c2N)n1. The van der Waals surface area contributed by atoms with Crippen LogP contribution in [0.4, 0.5) is 5.69 Å². The van der Waals surface area contributed by atoms with Crippen molar-refractivity contribution >= 4 is 17.4 Å². The summed E-state index contributed by atoms with van der Waals surface area (Å²) in [6, 6.07) is 1.88. The van der Waals surface area contributed by atoms with Gasteiger partial charge in [-0.15, -0.1) is 0 Å². The molecule has 0 saturated heterocycles. The molecule has 0 atom stereocenters. The van der Waals surface area contributed by atoms with E-state index in [1.807, 2.05) is 19.9 Å². The first-order chi connectivity index (χ1) is 7.16. The fraction of sp³-hybridized carbons (Fsp3) is 0.200. The molecule has 15 heavy (non-hydrogen) atoms. The van der Waals surface area contributed by atoms with E-state index in [0.717, 1.165) is 16.3 Å². The Kier molecular flexibility index (Phi) is 2.64. The van der Waals surface area contributed by atoms with E-state index in [1.54, 1.807) is 12.5 Å². The van der Waals surface area contributed by atoms with Crippen LogP contribution in [0.3, 0.4) is 0 Å². The van der Waals surface area contributed by atoms with Crippen molar-refractivity contribution in [3.8, 4) is 0 Å². The zero-order valence-corrected chi connectivity index (χ0v) is 9.34. The van der Waals surface area contributed by atoms with Crippen LogP contribution in [-0.4, -0.2) is 9.97 Å². The number of nitrogens with zero attached hydrogens (tertiary/aromatic N) is 2. The first-order valence-electron chi connectivity index (χ1n) is 4.48. The second-order valence-electron chi connectivity index (χ2n) is 3.20. The summed E-state index contributed by atoms with van der Waals surface area (Å²) in [6.07, 6.45) is 3.33. The Morgan fingerprint density at radius 1 is 1.40 bits per heavy atom. The van der Waals surface area contributed by atoms with E-state index in [0.29, 0.717) is 10.9 Å². The molecule has 5 heteroatoms. The smallest absolute Gasteiger partial charge is 0.262 e. The second kappa shape index (κ2) is 3.94. The lowest BCUT2D eigenvalue weighted by Gasteiger charge is -2.03. The van der Waals surface area contributed by atoms with Crippen molar-refractivity contribution in [2.75, 3.05) is 5.73 Å². The van der Waals surface area contributed by atoms with Gasteiger partial charge in [-0.05, 0) is 37.2 Å². The maximum Gasteiger partial charge on any atom is 0.262 e. The molecule has 0 fully saturated rings. The number of nitrogens with two attached hydrogens (primary N) is 1. The highest BCUT2D eigenvalue weighted by Crippen LogP contribution is 2.30. The lowest BCUT2D eigenvalue weighted by molar-refractivity contribution is 0.454. The Bertz CT molecular complexity index is 481. The minimum atomic E-state index is 0.567. The van der Waals surface area contributed by atoms with Crippen molar-refractivity contribution in [1.29, 1.82) is 0 Å². The van der Waals surface area contributed by atoms with Gasteiger partial charge in [0.1, 0.15) is 11.3 Å². The number of hydrogen-bond acceptors (Lipinski definition) is 5. The molecule has 0 bridgehead atoms. The Balaban J connectivity index is 2.28. The summed E-state index contributed by atoms with van der Waals surface area (Å²) in [5, 5.41) is 1.30. The van der Waals surface area contributed by atoms with Crippen LogP contribution in [0, 0.1) is 13.8 Å². The van der Waals surface area contributed by atoms with Gasteiger partial charge < -0.3 is 10.2 Å². The van der Waals surface area contributed by atoms with Crippen LogP contribution < -0.4 is 5.73 Å². The molecule has 0 aliphatic carbocycles. The van der Waals surface area contributed by atoms with Gasteiger partial charge in [0, 0.05) is 6.20 Å². The fourth-order valence-electron chi connectivity index (χ4n) is 1.09. The van der Waals surface area contributed by atoms with Crippen molar-refractivity contribution < 1.29 is 4.42 Å². The maximum atomic E-state index is 5.88. The summed E-state index contributed by atoms with van der Waals surface area (Å²) in [5.74, 6) is 0. The maximum absolute atomic E-state index is 5.88. The Morgan fingerprint density at radius 2 is 2.20 bits per heavy atom. The summed E-state index contributed by atoms with van der Waals surface area (Å²) in [5.41, 5.74) is 8.42. The summed E-state index contributed by atoms with van der Waals surface area (Å²) >= 11 is 1.34. The molecule has 2 heterocycles. The predicted molar refractivity (Wildman–Crippen MR) is 58.7 cm³/mol. The topological polar surface area (TPSA) is 64.9 Å². The Hall–Kier alpha value is -1.49. The highest BCUT2D eigenvalue weighted by Gasteiger charge is 2.09. The van der Waals surface area contributed by atoms with E-state index in [1.165, 1.54) is 11.8 Å². The van der Waals surface area contributed by atoms with Gasteiger partial charge in [0.25, 0.3) is 5.22 Å². The molecule has 4 nitrogen and oxygen atoms in total. The number of hydrogen-bond donors (Lipinski definition) is 1. The van der Waals surface area contributed by atoms with Crippen molar-refractivity contribution in [2.45, 2.75) is 24.1 Å². The van der Waals surface area contributed by atoms with Gasteiger partial charge in [-0.2, -0.15) is 0 Å². The van der Waals surface area contributed by atoms with E-state index in [4.69, 9.17) is 10.2 Å². The van der Waals surface area contributed by atoms with Crippen LogP contribution >= 0.6 is 11.8 Å². The number of nitrogen functional groups attached to an aromatic ring is 1. The average molecular weight is 221 g/mol. The summed E-state index contributed by atoms with van der Waals surface area (Å²) < 4.78 is 5.22. The molecule has 0 aliphatic heterocycles. The molecule has 2 aromatic heterocycles. The molecule has 2 N–H and O–H groups in total. The summed E-state index contributed by atoms with van der Waals surface area (Å²) in [7, 11) is 0. The van der Waals surface area contributed by atoms with Gasteiger partial charge in [0.05, 0.1) is 11.4 Å². The van der Waals surface area contributed by atoms with E-state index < -0.39 is 0 Å². The van der Waals surface area contributed by atoms with Crippen LogP contribution in [0.5, 0.6) is 0 Å². The Morgan fingerprint density at radius 3 is 2.87 bits per heavy atom. The number of aromatic nitrogens is 2. The van der Waals surface area contributed by atoms with Gasteiger partial charge in [-0.3, -0.25) is 0 Å². The molecule has 0 unspecified atom stereocenters. The van der Waals surface area contributed by atoms with Gasteiger partial charge in [0.2, 0.25) is 0 Å². The fourth-order valence-corrected chi connectivity index (χ4v) is 1.92. The molecule has 0 spiro atoms. The van der Waals surface area contributed by atoms with Crippen LogP contribution in [0.1, 0.15) is 11.3 Å². The number of aryl methyl sites for hydroxylation is 2. The average Bonchev–Trinajstić information content (AvgIpc) is 2.59. The molecular formula is C10H11N3OS. The predicted octanol–water partition coefficient (Wildman–Crippen LogP) is 2.42. The highest BCUT2D eigenvalue weighted by atomic mass is 32.2. The lowest BCUT2D eigenvalue weighted by Crippen LogP contribution is -1.94. The minimum absolute atomic E-state index is 0.567. The van der Waals surface area contributed by atoms with E-state index in [2.05, 4.69) is 9.97 Å². The molecule has 2 rings (SSSR count). The van der Waals surface area contributed by atoms with Crippen molar-refractivity contribution in [2.24, 2.45) is 0 Å². The molecule has 0 amide bonds. The third kappa shape index (κ3) is 2.12. The zero-order valence-electron chi connectivity index (χ0n) is 8.52. The molecule has 0 radical (unpaired) electrons. The van der Waals surface area contributed by atoms with Gasteiger partial charge in [-0.1, -0.05) is 0 Å². The molecule has 78 valence electrons. The van der Waals surface area contributed by atoms with Crippen LogP contribution in [-0.2, 0) is 0 Å². The monoisotopic (exact) mass is 221 g/mol. The number of pyridine rings is 1. The van der Waals surface area contributed by atoms with Gasteiger partial charge in [0.15, 0.2) is 0 Å². The molecule has 0 aliphatic rings. The van der Waals surface area contributed by atoms with E-state index in [9.17, 15) is 0 Å². The Labute approximate surface area is 91.9 Å². The highest BCUT2D eigenvalue weighted by molar-refractivity contribution is 7.99. The standard InChI is InChI=1S/C10H11N3OS/c1-6-3-4-12-9(8(6)11)15-10-13-7(2)5-14-10/h3-5H,11H2,1-2H3. The van der Waals surface area contributed by atoms with E-state index >= 15 is 0 Å². The van der Waals surface area contributed by atoms with Crippen molar-refractivity contribution in [3.63, 3.8) is 0 Å². The van der Waals surface area contributed by atoms with Gasteiger partial charge >= 0.3 is 0 Å². The summed E-state index contributed by atoms with van der Waals surface area (Å²) in [4.78, 5) is 8.36. The quantitative estimate of drug-likeness (QED) is 0.843. The molecule has 0 aromatic carbocycles. The largest absolute Gasteiger partial charge is 0.439 e. The van der Waals surface area contributed by atoms with Gasteiger partial charge in [-0.25, -0.2) is 9.97 Å². The van der Waals surface area contributed by atoms with Crippen molar-refractivity contribution in [3.05, 3.63) is 29.8 Å². The third-order valence-electron chi connectivity index (χ3n) is 1.95. The first-order valence-corrected chi connectivity index (χ1v) is 5.29. The number of oxazole rings is 1. The molecular weight excluding hydrogens is 210 g/mol. The normalized spacial score (nSPS) is 10.5. The second-order valence-corrected chi connectivity index (χ2v) is 4.14. The van der Waals surface area contributed by atoms with Crippen LogP contribution in [0.15, 0.2) is 33.2 Å². The van der Waals surface area contributed by atoms with Crippen LogP contribution in [0.2, 0.25) is 0 Å². The lowest BCUT2D eigenvalue weighted by atomic mass is 10.3. The number of rotatable bonds is 2. The first kappa shape index (κ1) is 10.0. The number of anilines is 1. The summed E-state index contributed by atoms with van der Waals surface area (Å²) in [6.45, 7) is 3.82. The van der Waals surface area contributed by atoms with E-state index in [-0.39, 0.29) is 0 Å². The molecule has 2 aromatic rings. The minimum Gasteiger partial charge on any atom is -0.439 e.